The van der Waals surface area contributed by atoms with Crippen LogP contribution in [0.15, 0.2) is 0 Å². The lowest BCUT2D eigenvalue weighted by Crippen LogP contribution is -2.39. The Morgan fingerprint density at radius 2 is 1.76 bits per heavy atom. The number of urea groups is 1. The lowest BCUT2D eigenvalue weighted by Gasteiger charge is -2.05. The summed E-state index contributed by atoms with van der Waals surface area (Å²) < 4.78 is 0. The molecule has 0 aromatic heterocycles. The molecule has 0 atom stereocenters. The molecule has 0 fully saturated rings. The Morgan fingerprint density at radius 3 is 2.35 bits per heavy atom. The Kier molecular flexibility index (Phi) is 8.72. The summed E-state index contributed by atoms with van der Waals surface area (Å²) in [4.78, 5) is 32.4. The van der Waals surface area contributed by atoms with Crippen LogP contribution in [0.5, 0.6) is 0 Å². The van der Waals surface area contributed by atoms with Gasteiger partial charge in [-0.1, -0.05) is 26.2 Å². The number of hydrogen-bond acceptors (Lipinski definition) is 3. The molecule has 0 rings (SSSR count). The number of carboxylic acids is 1. The Balaban J connectivity index is 3.50. The highest BCUT2D eigenvalue weighted by Gasteiger charge is 2.08. The van der Waals surface area contributed by atoms with E-state index in [2.05, 4.69) is 17.6 Å². The third-order valence-electron chi connectivity index (χ3n) is 2.13. The molecule has 6 nitrogen and oxygen atoms in total. The Labute approximate surface area is 101 Å². The van der Waals surface area contributed by atoms with Crippen LogP contribution in [0.1, 0.15) is 45.4 Å². The van der Waals surface area contributed by atoms with Crippen molar-refractivity contribution in [3.05, 3.63) is 0 Å². The van der Waals surface area contributed by atoms with E-state index >= 15 is 0 Å². The van der Waals surface area contributed by atoms with Crippen LogP contribution in [0.3, 0.4) is 0 Å². The smallest absolute Gasteiger partial charge is 0.321 e. The number of imide groups is 1. The number of carboxylic acid groups (broad SMARTS) is 1. The second-order valence-corrected chi connectivity index (χ2v) is 3.76. The van der Waals surface area contributed by atoms with E-state index in [1.807, 2.05) is 0 Å². The van der Waals surface area contributed by atoms with E-state index in [4.69, 9.17) is 5.11 Å². The van der Waals surface area contributed by atoms with Crippen molar-refractivity contribution in [1.29, 1.82) is 0 Å². The molecule has 0 bridgehead atoms. The molecular formula is C11H20N2O4. The zero-order chi connectivity index (χ0) is 13.1. The largest absolute Gasteiger partial charge is 0.481 e. The average molecular weight is 244 g/mol. The Morgan fingerprint density at radius 1 is 1.06 bits per heavy atom. The van der Waals surface area contributed by atoms with Crippen molar-refractivity contribution in [2.75, 3.05) is 6.54 Å². The highest BCUT2D eigenvalue weighted by atomic mass is 16.4. The third-order valence-corrected chi connectivity index (χ3v) is 2.13. The minimum absolute atomic E-state index is 0.182. The SMILES string of the molecule is CCCCCCNC(=O)NC(=O)CCC(=O)O. The van der Waals surface area contributed by atoms with E-state index in [0.717, 1.165) is 25.7 Å². The summed E-state index contributed by atoms with van der Waals surface area (Å²) in [6.45, 7) is 2.62. The molecule has 0 saturated carbocycles. The first-order chi connectivity index (χ1) is 8.06. The number of nitrogens with one attached hydrogen (secondary N) is 2. The first kappa shape index (κ1) is 15.4. The zero-order valence-corrected chi connectivity index (χ0v) is 10.1. The van der Waals surface area contributed by atoms with Gasteiger partial charge in [0.1, 0.15) is 0 Å². The molecule has 0 aliphatic rings. The van der Waals surface area contributed by atoms with Gasteiger partial charge in [0.25, 0.3) is 0 Å². The predicted octanol–water partition coefficient (Wildman–Crippen LogP) is 1.26. The van der Waals surface area contributed by atoms with Crippen molar-refractivity contribution in [2.24, 2.45) is 0 Å². The topological polar surface area (TPSA) is 95.5 Å². The standard InChI is InChI=1S/C11H20N2O4/c1-2-3-4-5-8-12-11(17)13-9(14)6-7-10(15)16/h2-8H2,1H3,(H,15,16)(H2,12,13,14,17). The molecule has 0 unspecified atom stereocenters. The van der Waals surface area contributed by atoms with E-state index in [1.165, 1.54) is 0 Å². The molecule has 98 valence electrons. The van der Waals surface area contributed by atoms with Crippen LogP contribution in [0.2, 0.25) is 0 Å². The van der Waals surface area contributed by atoms with Gasteiger partial charge in [0.2, 0.25) is 5.91 Å². The maximum Gasteiger partial charge on any atom is 0.321 e. The minimum Gasteiger partial charge on any atom is -0.481 e. The van der Waals surface area contributed by atoms with Gasteiger partial charge in [-0.05, 0) is 6.42 Å². The lowest BCUT2D eigenvalue weighted by atomic mass is 10.2. The molecule has 0 spiro atoms. The number of rotatable bonds is 8. The fourth-order valence-corrected chi connectivity index (χ4v) is 1.21. The molecule has 0 radical (unpaired) electrons. The van der Waals surface area contributed by atoms with Crippen LogP contribution >= 0.6 is 0 Å². The Bertz CT molecular complexity index is 266. The summed E-state index contributed by atoms with van der Waals surface area (Å²) in [6.07, 6.45) is 3.73. The summed E-state index contributed by atoms with van der Waals surface area (Å²) in [5, 5.41) is 13.0. The van der Waals surface area contributed by atoms with Crippen LogP contribution in [-0.2, 0) is 9.59 Å². The van der Waals surface area contributed by atoms with Gasteiger partial charge >= 0.3 is 12.0 Å². The van der Waals surface area contributed by atoms with Gasteiger partial charge in [-0.2, -0.15) is 0 Å². The molecular weight excluding hydrogens is 224 g/mol. The molecule has 3 amide bonds. The first-order valence-corrected chi connectivity index (χ1v) is 5.85. The van der Waals surface area contributed by atoms with E-state index in [1.54, 1.807) is 0 Å². The average Bonchev–Trinajstić information content (AvgIpc) is 2.26. The molecule has 3 N–H and O–H groups in total. The number of amides is 3. The van der Waals surface area contributed by atoms with Crippen molar-refractivity contribution in [2.45, 2.75) is 45.4 Å². The second kappa shape index (κ2) is 9.62. The van der Waals surface area contributed by atoms with Crippen LogP contribution in [0, 0.1) is 0 Å². The highest BCUT2D eigenvalue weighted by Crippen LogP contribution is 1.96. The van der Waals surface area contributed by atoms with Gasteiger partial charge in [0.05, 0.1) is 6.42 Å². The van der Waals surface area contributed by atoms with E-state index in [-0.39, 0.29) is 12.8 Å². The number of aliphatic carboxylic acids is 1. The van der Waals surface area contributed by atoms with Gasteiger partial charge in [0, 0.05) is 13.0 Å². The van der Waals surface area contributed by atoms with Crippen LogP contribution in [0.4, 0.5) is 4.79 Å². The molecule has 0 saturated heterocycles. The first-order valence-electron chi connectivity index (χ1n) is 5.85. The van der Waals surface area contributed by atoms with Crippen LogP contribution in [0.25, 0.3) is 0 Å². The Hall–Kier alpha value is -1.59. The second-order valence-electron chi connectivity index (χ2n) is 3.76. The predicted molar refractivity (Wildman–Crippen MR) is 62.6 cm³/mol. The minimum atomic E-state index is -1.06. The normalized spacial score (nSPS) is 9.71. The summed E-state index contributed by atoms with van der Waals surface area (Å²) in [5.74, 6) is -1.63. The number of hydrogen-bond donors (Lipinski definition) is 3. The summed E-state index contributed by atoms with van der Waals surface area (Å²) in [5.41, 5.74) is 0. The van der Waals surface area contributed by atoms with Crippen molar-refractivity contribution < 1.29 is 19.5 Å². The van der Waals surface area contributed by atoms with E-state index < -0.39 is 17.9 Å². The third kappa shape index (κ3) is 10.7. The van der Waals surface area contributed by atoms with E-state index in [0.29, 0.717) is 6.54 Å². The summed E-state index contributed by atoms with van der Waals surface area (Å²) in [7, 11) is 0. The number of carbonyl (C=O) groups is 3. The monoisotopic (exact) mass is 244 g/mol. The molecule has 0 aliphatic carbocycles. The molecule has 0 aliphatic heterocycles. The van der Waals surface area contributed by atoms with Gasteiger partial charge < -0.3 is 10.4 Å². The lowest BCUT2D eigenvalue weighted by molar-refractivity contribution is -0.138. The van der Waals surface area contributed by atoms with Crippen molar-refractivity contribution >= 4 is 17.9 Å². The molecule has 0 heterocycles. The zero-order valence-electron chi connectivity index (χ0n) is 10.1. The van der Waals surface area contributed by atoms with Crippen LogP contribution < -0.4 is 10.6 Å². The van der Waals surface area contributed by atoms with E-state index in [9.17, 15) is 14.4 Å². The van der Waals surface area contributed by atoms with Gasteiger partial charge in [-0.3, -0.25) is 14.9 Å². The van der Waals surface area contributed by atoms with Gasteiger partial charge in [-0.25, -0.2) is 4.79 Å². The van der Waals surface area contributed by atoms with Gasteiger partial charge in [-0.15, -0.1) is 0 Å². The molecule has 0 aromatic rings. The molecule has 0 aromatic carbocycles. The highest BCUT2D eigenvalue weighted by molar-refractivity contribution is 5.95. The quantitative estimate of drug-likeness (QED) is 0.560. The maximum atomic E-state index is 11.1. The number of unbranched alkanes of at least 4 members (excludes halogenated alkanes) is 3. The van der Waals surface area contributed by atoms with Crippen molar-refractivity contribution in [3.63, 3.8) is 0 Å². The van der Waals surface area contributed by atoms with Gasteiger partial charge in [0.15, 0.2) is 0 Å². The van der Waals surface area contributed by atoms with Crippen molar-refractivity contribution in [1.82, 2.24) is 10.6 Å². The summed E-state index contributed by atoms with van der Waals surface area (Å²) in [6, 6.07) is -0.558. The van der Waals surface area contributed by atoms with Crippen LogP contribution in [-0.4, -0.2) is 29.6 Å². The fourth-order valence-electron chi connectivity index (χ4n) is 1.21. The fraction of sp³-hybridized carbons (Fsp3) is 0.727. The molecule has 17 heavy (non-hydrogen) atoms. The summed E-state index contributed by atoms with van der Waals surface area (Å²) >= 11 is 0. The molecule has 6 heteroatoms. The number of carbonyl (C=O) groups excluding carboxylic acids is 2. The maximum absolute atomic E-state index is 11.1. The van der Waals surface area contributed by atoms with Crippen molar-refractivity contribution in [3.8, 4) is 0 Å².